The van der Waals surface area contributed by atoms with Gasteiger partial charge < -0.3 is 15.4 Å². The number of ether oxygens (including phenoxy) is 1. The number of nitrogens with two attached hydrogens (primary N) is 1. The van der Waals surface area contributed by atoms with Gasteiger partial charge in [-0.3, -0.25) is 4.99 Å². The van der Waals surface area contributed by atoms with Crippen molar-refractivity contribution in [3.05, 3.63) is 53.2 Å². The van der Waals surface area contributed by atoms with Crippen LogP contribution in [0.5, 0.6) is 5.75 Å². The number of nitrogens with zero attached hydrogens (tertiary/aromatic N) is 3. The number of fused-ring (bicyclic) bond motifs is 1. The third kappa shape index (κ3) is 2.86. The van der Waals surface area contributed by atoms with E-state index in [4.69, 9.17) is 15.5 Å². The van der Waals surface area contributed by atoms with Gasteiger partial charge in [-0.05, 0) is 56.0 Å². The molecule has 5 heteroatoms. The van der Waals surface area contributed by atoms with Gasteiger partial charge in [-0.15, -0.1) is 0 Å². The normalized spacial score (nSPS) is 22.9. The van der Waals surface area contributed by atoms with E-state index >= 15 is 0 Å². The van der Waals surface area contributed by atoms with Crippen molar-refractivity contribution in [3.8, 4) is 5.75 Å². The molecule has 3 aliphatic rings. The van der Waals surface area contributed by atoms with Gasteiger partial charge in [0.05, 0.1) is 12.3 Å². The van der Waals surface area contributed by atoms with Crippen molar-refractivity contribution in [2.45, 2.75) is 44.4 Å². The third-order valence-corrected chi connectivity index (χ3v) is 5.63. The Bertz CT molecular complexity index is 887. The molecule has 1 atom stereocenters. The number of benzene rings is 1. The molecule has 1 saturated heterocycles. The quantitative estimate of drug-likeness (QED) is 0.923. The van der Waals surface area contributed by atoms with Gasteiger partial charge >= 0.3 is 0 Å². The van der Waals surface area contributed by atoms with Crippen LogP contribution in [-0.2, 0) is 6.54 Å². The van der Waals surface area contributed by atoms with Gasteiger partial charge in [-0.25, -0.2) is 4.98 Å². The molecule has 3 heterocycles. The molecule has 0 amide bonds. The predicted octanol–water partition coefficient (Wildman–Crippen LogP) is 2.90. The molecule has 2 aliphatic heterocycles. The molecule has 5 nitrogen and oxygen atoms in total. The van der Waals surface area contributed by atoms with Crippen LogP contribution < -0.4 is 15.4 Å². The number of hydrogen-bond acceptors (Lipinski definition) is 5. The Labute approximate surface area is 153 Å². The van der Waals surface area contributed by atoms with Crippen molar-refractivity contribution in [2.75, 3.05) is 18.0 Å². The number of anilines is 1. The minimum absolute atomic E-state index is 0.0303. The lowest BCUT2D eigenvalue weighted by Crippen LogP contribution is -2.27. The van der Waals surface area contributed by atoms with Crippen LogP contribution in [0.4, 0.5) is 5.82 Å². The fourth-order valence-electron chi connectivity index (χ4n) is 3.77. The van der Waals surface area contributed by atoms with E-state index in [-0.39, 0.29) is 11.6 Å². The summed E-state index contributed by atoms with van der Waals surface area (Å²) in [6, 6.07) is 10.8. The molecule has 0 spiro atoms. The first kappa shape index (κ1) is 15.8. The van der Waals surface area contributed by atoms with Crippen LogP contribution in [0.15, 0.2) is 41.5 Å². The van der Waals surface area contributed by atoms with Crippen LogP contribution in [0.3, 0.4) is 0 Å². The maximum absolute atomic E-state index is 6.15. The van der Waals surface area contributed by atoms with Crippen LogP contribution in [0.25, 0.3) is 0 Å². The zero-order valence-electron chi connectivity index (χ0n) is 15.1. The smallest absolute Gasteiger partial charge is 0.129 e. The average Bonchev–Trinajstić information content (AvgIpc) is 3.05. The van der Waals surface area contributed by atoms with Crippen LogP contribution in [0, 0.1) is 0 Å². The van der Waals surface area contributed by atoms with Crippen molar-refractivity contribution in [1.82, 2.24) is 4.98 Å². The second-order valence-electron chi connectivity index (χ2n) is 7.93. The Balaban J connectivity index is 1.44. The first-order valence-corrected chi connectivity index (χ1v) is 9.43. The van der Waals surface area contributed by atoms with E-state index in [1.807, 2.05) is 12.3 Å². The minimum atomic E-state index is 0.0303. The predicted molar refractivity (Wildman–Crippen MR) is 103 cm³/mol. The Morgan fingerprint density at radius 3 is 2.88 bits per heavy atom. The topological polar surface area (TPSA) is 63.7 Å². The lowest BCUT2D eigenvalue weighted by Gasteiger charge is -2.18. The molecule has 26 heavy (non-hydrogen) atoms. The fourth-order valence-corrected chi connectivity index (χ4v) is 3.77. The standard InChI is InChI=1S/C21H24N4O/c1-21(6-7-21)26-17-3-2-15-12-24-20(18(15)11-17)14-4-8-23-19(10-14)25-9-5-16(22)13-25/h2-4,8,10-11,16H,5-7,9,12-13,22H2,1H3/t16-/m0/s1. The van der Waals surface area contributed by atoms with Crippen LogP contribution in [-0.4, -0.2) is 35.4 Å². The minimum Gasteiger partial charge on any atom is -0.488 e. The van der Waals surface area contributed by atoms with E-state index in [2.05, 4.69) is 41.1 Å². The van der Waals surface area contributed by atoms with E-state index in [1.165, 1.54) is 11.1 Å². The van der Waals surface area contributed by atoms with E-state index in [1.54, 1.807) is 0 Å². The second kappa shape index (κ2) is 5.81. The summed E-state index contributed by atoms with van der Waals surface area (Å²) < 4.78 is 6.15. The highest BCUT2D eigenvalue weighted by atomic mass is 16.5. The lowest BCUT2D eigenvalue weighted by atomic mass is 10.0. The molecule has 1 aliphatic carbocycles. The molecule has 5 rings (SSSR count). The molecule has 2 aromatic rings. The summed E-state index contributed by atoms with van der Waals surface area (Å²) in [6.45, 7) is 4.74. The molecule has 0 radical (unpaired) electrons. The molecule has 0 bridgehead atoms. The molecule has 134 valence electrons. The zero-order valence-corrected chi connectivity index (χ0v) is 15.1. The van der Waals surface area contributed by atoms with E-state index in [9.17, 15) is 0 Å². The number of aliphatic imine (C=N–C) groups is 1. The third-order valence-electron chi connectivity index (χ3n) is 5.63. The highest BCUT2D eigenvalue weighted by Gasteiger charge is 2.40. The summed E-state index contributed by atoms with van der Waals surface area (Å²) in [5.41, 5.74) is 10.7. The van der Waals surface area contributed by atoms with Gasteiger partial charge in [0.1, 0.15) is 17.2 Å². The van der Waals surface area contributed by atoms with E-state index in [0.717, 1.165) is 61.7 Å². The monoisotopic (exact) mass is 348 g/mol. The largest absolute Gasteiger partial charge is 0.488 e. The molecule has 2 fully saturated rings. The van der Waals surface area contributed by atoms with E-state index < -0.39 is 0 Å². The highest BCUT2D eigenvalue weighted by molar-refractivity contribution is 6.15. The fraction of sp³-hybridized carbons (Fsp3) is 0.429. The van der Waals surface area contributed by atoms with Crippen LogP contribution >= 0.6 is 0 Å². The lowest BCUT2D eigenvalue weighted by molar-refractivity contribution is 0.200. The summed E-state index contributed by atoms with van der Waals surface area (Å²) in [7, 11) is 0. The van der Waals surface area contributed by atoms with Crippen molar-refractivity contribution in [2.24, 2.45) is 10.7 Å². The Morgan fingerprint density at radius 1 is 1.23 bits per heavy atom. The van der Waals surface area contributed by atoms with Gasteiger partial charge in [0, 0.05) is 36.5 Å². The SMILES string of the molecule is CC1(Oc2ccc3c(c2)C(c2ccnc(N4CC[C@H](N)C4)c2)=NC3)CC1. The number of aromatic nitrogens is 1. The Hall–Kier alpha value is -2.40. The highest BCUT2D eigenvalue weighted by Crippen LogP contribution is 2.40. The maximum Gasteiger partial charge on any atom is 0.129 e. The van der Waals surface area contributed by atoms with Gasteiger partial charge in [0.2, 0.25) is 0 Å². The summed E-state index contributed by atoms with van der Waals surface area (Å²) in [4.78, 5) is 11.6. The van der Waals surface area contributed by atoms with Gasteiger partial charge in [0.15, 0.2) is 0 Å². The summed E-state index contributed by atoms with van der Waals surface area (Å²) in [6.07, 6.45) is 5.17. The molecule has 0 unspecified atom stereocenters. The number of rotatable bonds is 4. The van der Waals surface area contributed by atoms with Crippen LogP contribution in [0.1, 0.15) is 42.9 Å². The number of pyridine rings is 1. The summed E-state index contributed by atoms with van der Waals surface area (Å²) >= 11 is 0. The molecule has 1 aromatic heterocycles. The summed E-state index contributed by atoms with van der Waals surface area (Å²) in [5, 5.41) is 0. The molecular formula is C21H24N4O. The van der Waals surface area contributed by atoms with Gasteiger partial charge in [0.25, 0.3) is 0 Å². The van der Waals surface area contributed by atoms with Crippen LogP contribution in [0.2, 0.25) is 0 Å². The molecule has 1 saturated carbocycles. The first-order chi connectivity index (χ1) is 12.6. The second-order valence-corrected chi connectivity index (χ2v) is 7.93. The molecular weight excluding hydrogens is 324 g/mol. The maximum atomic E-state index is 6.15. The zero-order chi connectivity index (χ0) is 17.7. The Morgan fingerprint density at radius 2 is 2.12 bits per heavy atom. The van der Waals surface area contributed by atoms with Crippen molar-refractivity contribution >= 4 is 11.5 Å². The van der Waals surface area contributed by atoms with Crippen molar-refractivity contribution < 1.29 is 4.74 Å². The van der Waals surface area contributed by atoms with Gasteiger partial charge in [-0.2, -0.15) is 0 Å². The molecule has 1 aromatic carbocycles. The summed E-state index contributed by atoms with van der Waals surface area (Å²) in [5.74, 6) is 1.93. The van der Waals surface area contributed by atoms with Gasteiger partial charge in [-0.1, -0.05) is 6.07 Å². The Kier molecular flexibility index (Phi) is 3.54. The average molecular weight is 348 g/mol. The van der Waals surface area contributed by atoms with Crippen molar-refractivity contribution in [3.63, 3.8) is 0 Å². The first-order valence-electron chi connectivity index (χ1n) is 9.43. The molecule has 2 N–H and O–H groups in total. The number of hydrogen-bond donors (Lipinski definition) is 1. The van der Waals surface area contributed by atoms with Crippen molar-refractivity contribution in [1.29, 1.82) is 0 Å². The van der Waals surface area contributed by atoms with E-state index in [0.29, 0.717) is 0 Å².